The smallest absolute Gasteiger partial charge is 0.320 e. The Morgan fingerprint density at radius 1 is 1.04 bits per heavy atom. The van der Waals surface area contributed by atoms with Crippen LogP contribution in [0, 0.1) is 0 Å². The van der Waals surface area contributed by atoms with E-state index in [-0.39, 0.29) is 6.03 Å². The molecule has 7 heteroatoms. The average molecular weight is 356 g/mol. The maximum absolute atomic E-state index is 12.7. The Bertz CT molecular complexity index is 901. The standard InChI is InChI=1S/C18H18ClN5O/c19-15-5-3-4-14(12-15)13-22-8-10-23(11-9-22)18(25)24-17-7-2-1-6-16(17)20-21-24/h1-7,12H,8-11,13H2. The van der Waals surface area contributed by atoms with Crippen LogP contribution in [0.3, 0.4) is 0 Å². The van der Waals surface area contributed by atoms with Crippen molar-refractivity contribution < 1.29 is 4.79 Å². The van der Waals surface area contributed by atoms with Crippen molar-refractivity contribution in [3.05, 3.63) is 59.1 Å². The van der Waals surface area contributed by atoms with Gasteiger partial charge in [0.25, 0.3) is 0 Å². The highest BCUT2D eigenvalue weighted by Gasteiger charge is 2.24. The number of fused-ring (bicyclic) bond motifs is 1. The van der Waals surface area contributed by atoms with Crippen LogP contribution in [0.1, 0.15) is 5.56 Å². The number of aromatic nitrogens is 3. The fourth-order valence-electron chi connectivity index (χ4n) is 3.13. The van der Waals surface area contributed by atoms with Crippen molar-refractivity contribution in [2.24, 2.45) is 0 Å². The zero-order valence-corrected chi connectivity index (χ0v) is 14.4. The van der Waals surface area contributed by atoms with Gasteiger partial charge < -0.3 is 4.90 Å². The minimum Gasteiger partial charge on any atom is -0.320 e. The molecule has 0 unspecified atom stereocenters. The second-order valence-electron chi connectivity index (χ2n) is 6.17. The first-order chi connectivity index (χ1) is 12.2. The fraction of sp³-hybridized carbons (Fsp3) is 0.278. The fourth-order valence-corrected chi connectivity index (χ4v) is 3.35. The van der Waals surface area contributed by atoms with E-state index in [0.29, 0.717) is 13.1 Å². The van der Waals surface area contributed by atoms with E-state index in [1.165, 1.54) is 10.2 Å². The van der Waals surface area contributed by atoms with Gasteiger partial charge in [0.15, 0.2) is 0 Å². The second kappa shape index (κ2) is 6.82. The van der Waals surface area contributed by atoms with E-state index in [0.717, 1.165) is 35.7 Å². The molecule has 0 atom stereocenters. The first kappa shape index (κ1) is 16.1. The third-order valence-corrected chi connectivity index (χ3v) is 4.71. The zero-order chi connectivity index (χ0) is 17.2. The average Bonchev–Trinajstić information content (AvgIpc) is 3.06. The number of carbonyl (C=O) groups is 1. The number of hydrogen-bond acceptors (Lipinski definition) is 4. The van der Waals surface area contributed by atoms with E-state index in [9.17, 15) is 4.79 Å². The molecule has 1 aliphatic rings. The summed E-state index contributed by atoms with van der Waals surface area (Å²) in [6.45, 7) is 3.84. The molecule has 3 aromatic rings. The number of amides is 1. The van der Waals surface area contributed by atoms with Gasteiger partial charge in [-0.3, -0.25) is 4.90 Å². The predicted molar refractivity (Wildman–Crippen MR) is 96.6 cm³/mol. The Morgan fingerprint density at radius 2 is 1.84 bits per heavy atom. The van der Waals surface area contributed by atoms with E-state index in [1.807, 2.05) is 47.4 Å². The van der Waals surface area contributed by atoms with Crippen LogP contribution in [0.2, 0.25) is 5.02 Å². The van der Waals surface area contributed by atoms with Crippen molar-refractivity contribution >= 4 is 28.7 Å². The first-order valence-electron chi connectivity index (χ1n) is 8.27. The molecule has 0 bridgehead atoms. The van der Waals surface area contributed by atoms with Crippen LogP contribution in [0.5, 0.6) is 0 Å². The summed E-state index contributed by atoms with van der Waals surface area (Å²) >= 11 is 6.05. The number of nitrogens with zero attached hydrogens (tertiary/aromatic N) is 5. The van der Waals surface area contributed by atoms with Crippen molar-refractivity contribution in [3.8, 4) is 0 Å². The molecule has 0 aliphatic carbocycles. The molecular formula is C18H18ClN5O. The molecule has 25 heavy (non-hydrogen) atoms. The number of piperazine rings is 1. The molecule has 0 saturated carbocycles. The predicted octanol–water partition coefficient (Wildman–Crippen LogP) is 2.87. The summed E-state index contributed by atoms with van der Waals surface area (Å²) in [5, 5.41) is 8.82. The van der Waals surface area contributed by atoms with E-state index in [2.05, 4.69) is 21.3 Å². The van der Waals surface area contributed by atoms with Gasteiger partial charge in [-0.05, 0) is 29.8 Å². The number of halogens is 1. The van der Waals surface area contributed by atoms with Crippen molar-refractivity contribution in [1.82, 2.24) is 24.8 Å². The summed E-state index contributed by atoms with van der Waals surface area (Å²) in [4.78, 5) is 16.9. The largest absolute Gasteiger partial charge is 0.346 e. The Morgan fingerprint density at radius 3 is 2.64 bits per heavy atom. The molecule has 0 radical (unpaired) electrons. The molecule has 1 saturated heterocycles. The molecule has 1 aromatic heterocycles. The summed E-state index contributed by atoms with van der Waals surface area (Å²) in [6.07, 6.45) is 0. The normalized spacial score (nSPS) is 15.6. The highest BCUT2D eigenvalue weighted by Crippen LogP contribution is 2.15. The van der Waals surface area contributed by atoms with Crippen molar-refractivity contribution in [1.29, 1.82) is 0 Å². The van der Waals surface area contributed by atoms with Crippen LogP contribution in [0.4, 0.5) is 4.79 Å². The molecule has 2 aromatic carbocycles. The lowest BCUT2D eigenvalue weighted by molar-refractivity contribution is 0.135. The lowest BCUT2D eigenvalue weighted by Gasteiger charge is -2.34. The zero-order valence-electron chi connectivity index (χ0n) is 13.7. The number of carbonyl (C=O) groups excluding carboxylic acids is 1. The van der Waals surface area contributed by atoms with Crippen LogP contribution in [0.25, 0.3) is 11.0 Å². The first-order valence-corrected chi connectivity index (χ1v) is 8.65. The number of hydrogen-bond donors (Lipinski definition) is 0. The Labute approximate surface area is 150 Å². The highest BCUT2D eigenvalue weighted by atomic mass is 35.5. The van der Waals surface area contributed by atoms with Crippen LogP contribution in [-0.4, -0.2) is 57.0 Å². The van der Waals surface area contributed by atoms with E-state index in [1.54, 1.807) is 0 Å². The molecular weight excluding hydrogens is 338 g/mol. The Kier molecular flexibility index (Phi) is 4.38. The van der Waals surface area contributed by atoms with Crippen molar-refractivity contribution in [2.75, 3.05) is 26.2 Å². The molecule has 2 heterocycles. The summed E-state index contributed by atoms with van der Waals surface area (Å²) < 4.78 is 1.39. The minimum atomic E-state index is -0.115. The van der Waals surface area contributed by atoms with Crippen LogP contribution in [-0.2, 0) is 6.54 Å². The summed E-state index contributed by atoms with van der Waals surface area (Å²) in [7, 11) is 0. The number of para-hydroxylation sites is 1. The van der Waals surface area contributed by atoms with Gasteiger partial charge in [-0.2, -0.15) is 4.68 Å². The summed E-state index contributed by atoms with van der Waals surface area (Å²) in [6, 6.07) is 15.3. The van der Waals surface area contributed by atoms with Gasteiger partial charge in [-0.1, -0.05) is 41.1 Å². The number of benzene rings is 2. The van der Waals surface area contributed by atoms with Gasteiger partial charge in [-0.15, -0.1) is 5.10 Å². The molecule has 1 aliphatic heterocycles. The van der Waals surface area contributed by atoms with Gasteiger partial charge in [0.1, 0.15) is 5.52 Å². The highest BCUT2D eigenvalue weighted by molar-refractivity contribution is 6.30. The lowest BCUT2D eigenvalue weighted by atomic mass is 10.2. The quantitative estimate of drug-likeness (QED) is 0.709. The molecule has 128 valence electrons. The van der Waals surface area contributed by atoms with Gasteiger partial charge >= 0.3 is 6.03 Å². The maximum Gasteiger partial charge on any atom is 0.346 e. The Hall–Kier alpha value is -2.44. The summed E-state index contributed by atoms with van der Waals surface area (Å²) in [5.41, 5.74) is 2.67. The molecule has 1 amide bonds. The molecule has 1 fully saturated rings. The van der Waals surface area contributed by atoms with Crippen LogP contribution < -0.4 is 0 Å². The molecule has 0 N–H and O–H groups in total. The van der Waals surface area contributed by atoms with Gasteiger partial charge in [0.05, 0.1) is 5.52 Å². The van der Waals surface area contributed by atoms with Gasteiger partial charge in [0.2, 0.25) is 0 Å². The third-order valence-electron chi connectivity index (χ3n) is 4.47. The molecule has 6 nitrogen and oxygen atoms in total. The molecule has 0 spiro atoms. The lowest BCUT2D eigenvalue weighted by Crippen LogP contribution is -2.49. The topological polar surface area (TPSA) is 54.3 Å². The van der Waals surface area contributed by atoms with Crippen LogP contribution >= 0.6 is 11.6 Å². The number of rotatable bonds is 2. The maximum atomic E-state index is 12.7. The second-order valence-corrected chi connectivity index (χ2v) is 6.60. The minimum absolute atomic E-state index is 0.115. The van der Waals surface area contributed by atoms with Gasteiger partial charge in [-0.25, -0.2) is 4.79 Å². The van der Waals surface area contributed by atoms with Crippen LogP contribution in [0.15, 0.2) is 48.5 Å². The van der Waals surface area contributed by atoms with E-state index >= 15 is 0 Å². The summed E-state index contributed by atoms with van der Waals surface area (Å²) in [5.74, 6) is 0. The Balaban J connectivity index is 1.40. The molecule has 4 rings (SSSR count). The van der Waals surface area contributed by atoms with E-state index in [4.69, 9.17) is 11.6 Å². The monoisotopic (exact) mass is 355 g/mol. The SMILES string of the molecule is O=C(N1CCN(Cc2cccc(Cl)c2)CC1)n1nnc2ccccc21. The van der Waals surface area contributed by atoms with Gasteiger partial charge in [0, 0.05) is 37.7 Å². The van der Waals surface area contributed by atoms with E-state index < -0.39 is 0 Å². The van der Waals surface area contributed by atoms with Crippen molar-refractivity contribution in [2.45, 2.75) is 6.54 Å². The third kappa shape index (κ3) is 3.36. The van der Waals surface area contributed by atoms with Crippen molar-refractivity contribution in [3.63, 3.8) is 0 Å².